The summed E-state index contributed by atoms with van der Waals surface area (Å²) >= 11 is 0. The van der Waals surface area contributed by atoms with Crippen LogP contribution in [0.1, 0.15) is 39.9 Å². The lowest BCUT2D eigenvalue weighted by Crippen LogP contribution is -2.28. The Morgan fingerprint density at radius 2 is 1.76 bits per heavy atom. The monoisotopic (exact) mass is 336 g/mol. The van der Waals surface area contributed by atoms with E-state index >= 15 is 0 Å². The number of carbonyl (C=O) groups excluding carboxylic acids is 2. The average molecular weight is 336 g/mol. The molecular weight excluding hydrogens is 312 g/mol. The summed E-state index contributed by atoms with van der Waals surface area (Å²) in [6.07, 6.45) is 2.57. The van der Waals surface area contributed by atoms with E-state index in [0.717, 1.165) is 29.5 Å². The van der Waals surface area contributed by atoms with Crippen LogP contribution in [0.3, 0.4) is 0 Å². The van der Waals surface area contributed by atoms with E-state index in [0.29, 0.717) is 24.6 Å². The zero-order chi connectivity index (χ0) is 17.8. The normalized spacial score (nSPS) is 13.4. The van der Waals surface area contributed by atoms with E-state index in [2.05, 4.69) is 5.32 Å². The van der Waals surface area contributed by atoms with Crippen LogP contribution in [0.4, 0.5) is 0 Å². The van der Waals surface area contributed by atoms with Crippen molar-refractivity contribution in [1.82, 2.24) is 10.2 Å². The number of carbonyl (C=O) groups is 2. The Hall–Kier alpha value is -2.62. The van der Waals surface area contributed by atoms with Gasteiger partial charge in [0.2, 0.25) is 5.91 Å². The zero-order valence-corrected chi connectivity index (χ0v) is 14.8. The third-order valence-corrected chi connectivity index (χ3v) is 4.58. The van der Waals surface area contributed by atoms with Crippen LogP contribution in [0.15, 0.2) is 48.5 Å². The molecule has 25 heavy (non-hydrogen) atoms. The molecule has 1 saturated carbocycles. The second-order valence-corrected chi connectivity index (χ2v) is 6.80. The van der Waals surface area contributed by atoms with Crippen molar-refractivity contribution in [2.75, 3.05) is 7.05 Å². The molecule has 0 bridgehead atoms. The fourth-order valence-corrected chi connectivity index (χ4v) is 2.73. The van der Waals surface area contributed by atoms with E-state index in [1.54, 1.807) is 4.90 Å². The SMILES string of the molecule is Cc1ccccc1CC(=O)N(C)Cc1ccc(C(=O)NC2CC2)cc1. The molecule has 0 aliphatic heterocycles. The Bertz CT molecular complexity index is 764. The second kappa shape index (κ2) is 7.51. The summed E-state index contributed by atoms with van der Waals surface area (Å²) in [5.41, 5.74) is 3.88. The van der Waals surface area contributed by atoms with Crippen molar-refractivity contribution in [1.29, 1.82) is 0 Å². The number of nitrogens with zero attached hydrogens (tertiary/aromatic N) is 1. The largest absolute Gasteiger partial charge is 0.349 e. The number of nitrogens with one attached hydrogen (secondary N) is 1. The van der Waals surface area contributed by atoms with Gasteiger partial charge in [0.05, 0.1) is 6.42 Å². The Labute approximate surface area is 148 Å². The van der Waals surface area contributed by atoms with Crippen LogP contribution in [0.5, 0.6) is 0 Å². The maximum absolute atomic E-state index is 12.4. The van der Waals surface area contributed by atoms with Gasteiger partial charge < -0.3 is 10.2 Å². The molecule has 4 heteroatoms. The van der Waals surface area contributed by atoms with E-state index in [1.165, 1.54) is 0 Å². The van der Waals surface area contributed by atoms with Crippen LogP contribution in [0.2, 0.25) is 0 Å². The molecule has 0 saturated heterocycles. The minimum absolute atomic E-state index is 0.0157. The molecule has 1 aliphatic rings. The molecule has 2 aromatic carbocycles. The molecule has 0 atom stereocenters. The minimum atomic E-state index is -0.0157. The van der Waals surface area contributed by atoms with Crippen LogP contribution in [0, 0.1) is 6.92 Å². The molecule has 1 fully saturated rings. The molecule has 4 nitrogen and oxygen atoms in total. The molecule has 0 unspecified atom stereocenters. The van der Waals surface area contributed by atoms with Gasteiger partial charge in [-0.15, -0.1) is 0 Å². The van der Waals surface area contributed by atoms with E-state index in [-0.39, 0.29) is 11.8 Å². The molecule has 3 rings (SSSR count). The molecule has 2 amide bonds. The molecule has 0 spiro atoms. The van der Waals surface area contributed by atoms with Gasteiger partial charge in [-0.3, -0.25) is 9.59 Å². The Kier molecular flexibility index (Phi) is 5.17. The lowest BCUT2D eigenvalue weighted by atomic mass is 10.1. The summed E-state index contributed by atoms with van der Waals surface area (Å²) in [7, 11) is 1.81. The van der Waals surface area contributed by atoms with Gasteiger partial charge in [0.25, 0.3) is 5.91 Å². The van der Waals surface area contributed by atoms with E-state index in [9.17, 15) is 9.59 Å². The van der Waals surface area contributed by atoms with Crippen LogP contribution in [0.25, 0.3) is 0 Å². The van der Waals surface area contributed by atoms with Crippen LogP contribution >= 0.6 is 0 Å². The van der Waals surface area contributed by atoms with Crippen molar-refractivity contribution in [3.63, 3.8) is 0 Å². The third-order valence-electron chi connectivity index (χ3n) is 4.58. The summed E-state index contributed by atoms with van der Waals surface area (Å²) in [5, 5.41) is 2.98. The Balaban J connectivity index is 1.56. The van der Waals surface area contributed by atoms with Gasteiger partial charge in [-0.2, -0.15) is 0 Å². The first-order chi connectivity index (χ1) is 12.0. The first-order valence-corrected chi connectivity index (χ1v) is 8.71. The smallest absolute Gasteiger partial charge is 0.251 e. The van der Waals surface area contributed by atoms with Gasteiger partial charge in [-0.05, 0) is 48.6 Å². The van der Waals surface area contributed by atoms with E-state index in [1.807, 2.05) is 62.5 Å². The fourth-order valence-electron chi connectivity index (χ4n) is 2.73. The van der Waals surface area contributed by atoms with Crippen molar-refractivity contribution >= 4 is 11.8 Å². The average Bonchev–Trinajstić information content (AvgIpc) is 3.41. The van der Waals surface area contributed by atoms with Crippen molar-refractivity contribution in [3.05, 3.63) is 70.8 Å². The fraction of sp³-hybridized carbons (Fsp3) is 0.333. The highest BCUT2D eigenvalue weighted by molar-refractivity contribution is 5.94. The molecule has 2 aromatic rings. The Morgan fingerprint density at radius 3 is 2.40 bits per heavy atom. The first kappa shape index (κ1) is 17.2. The Morgan fingerprint density at radius 1 is 1.08 bits per heavy atom. The highest BCUT2D eigenvalue weighted by Gasteiger charge is 2.23. The number of likely N-dealkylation sites (N-methyl/N-ethyl adjacent to an activating group) is 1. The predicted octanol–water partition coefficient (Wildman–Crippen LogP) is 3.09. The van der Waals surface area contributed by atoms with Gasteiger partial charge >= 0.3 is 0 Å². The lowest BCUT2D eigenvalue weighted by molar-refractivity contribution is -0.129. The topological polar surface area (TPSA) is 49.4 Å². The highest BCUT2D eigenvalue weighted by atomic mass is 16.2. The summed E-state index contributed by atoms with van der Waals surface area (Å²) in [4.78, 5) is 26.2. The summed E-state index contributed by atoms with van der Waals surface area (Å²) < 4.78 is 0. The van der Waals surface area contributed by atoms with E-state index in [4.69, 9.17) is 0 Å². The minimum Gasteiger partial charge on any atom is -0.349 e. The molecule has 0 heterocycles. The van der Waals surface area contributed by atoms with Crippen LogP contribution < -0.4 is 5.32 Å². The molecule has 1 aliphatic carbocycles. The predicted molar refractivity (Wildman–Crippen MR) is 98.3 cm³/mol. The van der Waals surface area contributed by atoms with Crippen molar-refractivity contribution in [2.45, 2.75) is 38.8 Å². The van der Waals surface area contributed by atoms with Crippen molar-refractivity contribution in [3.8, 4) is 0 Å². The van der Waals surface area contributed by atoms with Crippen LogP contribution in [-0.2, 0) is 17.8 Å². The van der Waals surface area contributed by atoms with Crippen LogP contribution in [-0.4, -0.2) is 29.8 Å². The number of benzene rings is 2. The van der Waals surface area contributed by atoms with Gasteiger partial charge in [-0.1, -0.05) is 36.4 Å². The highest BCUT2D eigenvalue weighted by Crippen LogP contribution is 2.19. The number of amides is 2. The summed E-state index contributed by atoms with van der Waals surface area (Å²) in [5.74, 6) is 0.0721. The maximum atomic E-state index is 12.4. The number of hydrogen-bond donors (Lipinski definition) is 1. The summed E-state index contributed by atoms with van der Waals surface area (Å²) in [6, 6.07) is 15.8. The number of aryl methyl sites for hydroxylation is 1. The molecule has 1 N–H and O–H groups in total. The molecular formula is C21H24N2O2. The maximum Gasteiger partial charge on any atom is 0.251 e. The zero-order valence-electron chi connectivity index (χ0n) is 14.8. The standard InChI is InChI=1S/C21H24N2O2/c1-15-5-3-4-6-18(15)13-20(24)23(2)14-16-7-9-17(10-8-16)21(25)22-19-11-12-19/h3-10,19H,11-14H2,1-2H3,(H,22,25). The third kappa shape index (κ3) is 4.69. The van der Waals surface area contributed by atoms with Gasteiger partial charge in [0.15, 0.2) is 0 Å². The van der Waals surface area contributed by atoms with Crippen molar-refractivity contribution < 1.29 is 9.59 Å². The quantitative estimate of drug-likeness (QED) is 0.881. The molecule has 0 aromatic heterocycles. The lowest BCUT2D eigenvalue weighted by Gasteiger charge is -2.18. The number of rotatable bonds is 6. The van der Waals surface area contributed by atoms with Gasteiger partial charge in [0, 0.05) is 25.2 Å². The van der Waals surface area contributed by atoms with Gasteiger partial charge in [0.1, 0.15) is 0 Å². The summed E-state index contributed by atoms with van der Waals surface area (Å²) in [6.45, 7) is 2.56. The first-order valence-electron chi connectivity index (χ1n) is 8.71. The number of hydrogen-bond acceptors (Lipinski definition) is 2. The molecule has 0 radical (unpaired) electrons. The second-order valence-electron chi connectivity index (χ2n) is 6.80. The van der Waals surface area contributed by atoms with Crippen molar-refractivity contribution in [2.24, 2.45) is 0 Å². The van der Waals surface area contributed by atoms with E-state index < -0.39 is 0 Å². The molecule has 130 valence electrons. The van der Waals surface area contributed by atoms with Gasteiger partial charge in [-0.25, -0.2) is 0 Å².